The molecule has 0 radical (unpaired) electrons. The molecule has 1 amide bonds. The van der Waals surface area contributed by atoms with Crippen LogP contribution in [0.25, 0.3) is 0 Å². The van der Waals surface area contributed by atoms with E-state index in [4.69, 9.17) is 0 Å². The van der Waals surface area contributed by atoms with Gasteiger partial charge in [-0.15, -0.1) is 0 Å². The molecule has 2 heterocycles. The Balaban J connectivity index is 2.05. The van der Waals surface area contributed by atoms with Crippen LogP contribution in [0.5, 0.6) is 0 Å². The van der Waals surface area contributed by atoms with Gasteiger partial charge in [0.05, 0.1) is 12.7 Å². The number of hydrogen-bond acceptors (Lipinski definition) is 3. The Bertz CT molecular complexity index is 383. The Morgan fingerprint density at radius 1 is 1.50 bits per heavy atom. The monoisotopic (exact) mass is 223 g/mol. The zero-order chi connectivity index (χ0) is 11.4. The molecule has 0 unspecified atom stereocenters. The van der Waals surface area contributed by atoms with Crippen LogP contribution in [0.4, 0.5) is 4.39 Å². The van der Waals surface area contributed by atoms with Gasteiger partial charge in [-0.05, 0) is 24.6 Å². The molecule has 0 bridgehead atoms. The van der Waals surface area contributed by atoms with Crippen LogP contribution in [0.2, 0.25) is 0 Å². The lowest BCUT2D eigenvalue weighted by Gasteiger charge is -2.19. The molecule has 1 N–H and O–H groups in total. The van der Waals surface area contributed by atoms with Crippen molar-refractivity contribution in [1.29, 1.82) is 0 Å². The van der Waals surface area contributed by atoms with Crippen molar-refractivity contribution in [3.8, 4) is 0 Å². The van der Waals surface area contributed by atoms with Crippen LogP contribution in [0.1, 0.15) is 12.0 Å². The van der Waals surface area contributed by atoms with E-state index in [-0.39, 0.29) is 11.7 Å². The predicted molar refractivity (Wildman–Crippen MR) is 57.1 cm³/mol. The van der Waals surface area contributed by atoms with Gasteiger partial charge in [0.2, 0.25) is 5.91 Å². The Kier molecular flexibility index (Phi) is 3.46. The summed E-state index contributed by atoms with van der Waals surface area (Å²) in [7, 11) is 0. The molecule has 1 aromatic heterocycles. The number of rotatable bonds is 2. The zero-order valence-electron chi connectivity index (χ0n) is 8.95. The Hall–Kier alpha value is -1.49. The second-order valence-corrected chi connectivity index (χ2v) is 3.86. The molecule has 16 heavy (non-hydrogen) atoms. The Labute approximate surface area is 93.5 Å². The summed E-state index contributed by atoms with van der Waals surface area (Å²) < 4.78 is 12.9. The summed E-state index contributed by atoms with van der Waals surface area (Å²) >= 11 is 0. The van der Waals surface area contributed by atoms with Crippen molar-refractivity contribution in [3.63, 3.8) is 0 Å². The maximum Gasteiger partial charge on any atom is 0.236 e. The topological polar surface area (TPSA) is 45.2 Å². The van der Waals surface area contributed by atoms with Crippen LogP contribution < -0.4 is 5.32 Å². The highest BCUT2D eigenvalue weighted by atomic mass is 19.1. The highest BCUT2D eigenvalue weighted by Crippen LogP contribution is 2.07. The molecule has 4 nitrogen and oxygen atoms in total. The maximum absolute atomic E-state index is 12.9. The molecule has 1 aliphatic heterocycles. The van der Waals surface area contributed by atoms with Crippen molar-refractivity contribution >= 4 is 5.91 Å². The van der Waals surface area contributed by atoms with E-state index in [0.717, 1.165) is 24.7 Å². The van der Waals surface area contributed by atoms with Gasteiger partial charge in [0, 0.05) is 19.3 Å². The maximum atomic E-state index is 12.9. The minimum absolute atomic E-state index is 0.0572. The summed E-state index contributed by atoms with van der Waals surface area (Å²) in [6.45, 7) is 2.36. The van der Waals surface area contributed by atoms with Gasteiger partial charge in [0.25, 0.3) is 0 Å². The SMILES string of the molecule is O=C1CNCCCN1Cc1cncc(F)c1. The molecule has 1 aliphatic rings. The quantitative estimate of drug-likeness (QED) is 0.796. The van der Waals surface area contributed by atoms with Crippen LogP contribution in [-0.2, 0) is 11.3 Å². The first kappa shape index (κ1) is 11.0. The summed E-state index contributed by atoms with van der Waals surface area (Å²) in [6.07, 6.45) is 3.68. The van der Waals surface area contributed by atoms with Crippen molar-refractivity contribution in [2.75, 3.05) is 19.6 Å². The molecule has 0 aromatic carbocycles. The molecule has 1 fully saturated rings. The number of nitrogens with zero attached hydrogens (tertiary/aromatic N) is 2. The number of hydrogen-bond donors (Lipinski definition) is 1. The van der Waals surface area contributed by atoms with Gasteiger partial charge >= 0.3 is 0 Å². The third-order valence-corrected chi connectivity index (χ3v) is 2.55. The smallest absolute Gasteiger partial charge is 0.236 e. The summed E-state index contributed by atoms with van der Waals surface area (Å²) in [5.74, 6) is -0.306. The van der Waals surface area contributed by atoms with E-state index in [1.165, 1.54) is 6.07 Å². The fraction of sp³-hybridized carbons (Fsp3) is 0.455. The summed E-state index contributed by atoms with van der Waals surface area (Å²) in [5, 5.41) is 3.04. The number of amides is 1. The van der Waals surface area contributed by atoms with Crippen molar-refractivity contribution in [2.24, 2.45) is 0 Å². The minimum Gasteiger partial charge on any atom is -0.337 e. The van der Waals surface area contributed by atoms with Gasteiger partial charge < -0.3 is 10.2 Å². The largest absolute Gasteiger partial charge is 0.337 e. The average molecular weight is 223 g/mol. The third kappa shape index (κ3) is 2.76. The van der Waals surface area contributed by atoms with Crippen molar-refractivity contribution in [1.82, 2.24) is 15.2 Å². The van der Waals surface area contributed by atoms with Crippen molar-refractivity contribution in [2.45, 2.75) is 13.0 Å². The molecule has 5 heteroatoms. The molecular formula is C11H14FN3O. The predicted octanol–water partition coefficient (Wildman–Crippen LogP) is 0.543. The first-order valence-electron chi connectivity index (χ1n) is 5.33. The van der Waals surface area contributed by atoms with Gasteiger partial charge in [-0.2, -0.15) is 0 Å². The van der Waals surface area contributed by atoms with Gasteiger partial charge in [0.1, 0.15) is 5.82 Å². The van der Waals surface area contributed by atoms with E-state index in [2.05, 4.69) is 10.3 Å². The average Bonchev–Trinajstić information content (AvgIpc) is 2.45. The minimum atomic E-state index is -0.363. The van der Waals surface area contributed by atoms with Gasteiger partial charge in [-0.3, -0.25) is 9.78 Å². The lowest BCUT2D eigenvalue weighted by atomic mass is 10.2. The van der Waals surface area contributed by atoms with Crippen LogP contribution in [-0.4, -0.2) is 35.4 Å². The van der Waals surface area contributed by atoms with Crippen LogP contribution in [0.3, 0.4) is 0 Å². The summed E-state index contributed by atoms with van der Waals surface area (Å²) in [4.78, 5) is 17.2. The molecular weight excluding hydrogens is 209 g/mol. The summed E-state index contributed by atoms with van der Waals surface area (Å²) in [6, 6.07) is 1.42. The molecule has 1 aromatic rings. The second kappa shape index (κ2) is 5.03. The Morgan fingerprint density at radius 3 is 3.19 bits per heavy atom. The molecule has 0 spiro atoms. The highest BCUT2D eigenvalue weighted by molar-refractivity contribution is 5.78. The van der Waals surface area contributed by atoms with E-state index in [0.29, 0.717) is 19.6 Å². The fourth-order valence-electron chi connectivity index (χ4n) is 1.76. The number of nitrogens with one attached hydrogen (secondary N) is 1. The lowest BCUT2D eigenvalue weighted by Crippen LogP contribution is -2.34. The van der Waals surface area contributed by atoms with Gasteiger partial charge in [-0.25, -0.2) is 4.39 Å². The van der Waals surface area contributed by atoms with Gasteiger partial charge in [-0.1, -0.05) is 0 Å². The third-order valence-electron chi connectivity index (χ3n) is 2.55. The molecule has 2 rings (SSSR count). The van der Waals surface area contributed by atoms with Crippen molar-refractivity contribution < 1.29 is 9.18 Å². The number of carbonyl (C=O) groups excluding carboxylic acids is 1. The van der Waals surface area contributed by atoms with E-state index in [1.54, 1.807) is 11.1 Å². The number of pyridine rings is 1. The van der Waals surface area contributed by atoms with Crippen LogP contribution in [0.15, 0.2) is 18.5 Å². The normalized spacial score (nSPS) is 17.3. The van der Waals surface area contributed by atoms with E-state index >= 15 is 0 Å². The summed E-state index contributed by atoms with van der Waals surface area (Å²) in [5.41, 5.74) is 0.732. The molecule has 86 valence electrons. The fourth-order valence-corrected chi connectivity index (χ4v) is 1.76. The standard InChI is InChI=1S/C11H14FN3O/c12-10-4-9(5-14-6-10)8-15-3-1-2-13-7-11(15)16/h4-6,13H,1-3,7-8H2. The van der Waals surface area contributed by atoms with Gasteiger partial charge in [0.15, 0.2) is 0 Å². The van der Waals surface area contributed by atoms with Crippen LogP contribution >= 0.6 is 0 Å². The molecule has 0 atom stereocenters. The first-order chi connectivity index (χ1) is 7.75. The number of halogens is 1. The lowest BCUT2D eigenvalue weighted by molar-refractivity contribution is -0.130. The molecule has 0 aliphatic carbocycles. The molecule has 1 saturated heterocycles. The van der Waals surface area contributed by atoms with E-state index in [1.807, 2.05) is 0 Å². The highest BCUT2D eigenvalue weighted by Gasteiger charge is 2.16. The molecule has 0 saturated carbocycles. The second-order valence-electron chi connectivity index (χ2n) is 3.86. The van der Waals surface area contributed by atoms with Crippen molar-refractivity contribution in [3.05, 3.63) is 29.8 Å². The Morgan fingerprint density at radius 2 is 2.38 bits per heavy atom. The van der Waals surface area contributed by atoms with Crippen LogP contribution in [0, 0.1) is 5.82 Å². The number of aromatic nitrogens is 1. The number of carbonyl (C=O) groups is 1. The first-order valence-corrected chi connectivity index (χ1v) is 5.33. The van der Waals surface area contributed by atoms with E-state index < -0.39 is 0 Å². The van der Waals surface area contributed by atoms with E-state index in [9.17, 15) is 9.18 Å². The zero-order valence-corrected chi connectivity index (χ0v) is 8.95.